The van der Waals surface area contributed by atoms with Crippen LogP contribution in [0.4, 0.5) is 0 Å². The van der Waals surface area contributed by atoms with E-state index < -0.39 is 0 Å². The molecule has 0 aliphatic heterocycles. The zero-order valence-electron chi connectivity index (χ0n) is 7.77. The first-order valence-electron chi connectivity index (χ1n) is 4.25. The van der Waals surface area contributed by atoms with E-state index in [0.29, 0.717) is 0 Å². The van der Waals surface area contributed by atoms with Gasteiger partial charge in [-0.2, -0.15) is 0 Å². The molecule has 0 bridgehead atoms. The summed E-state index contributed by atoms with van der Waals surface area (Å²) in [7, 11) is 3.61. The van der Waals surface area contributed by atoms with Crippen LogP contribution in [0.15, 0.2) is 46.7 Å². The molecule has 1 heterocycles. The summed E-state index contributed by atoms with van der Waals surface area (Å²) in [6.45, 7) is 0. The first kappa shape index (κ1) is 10.1. The van der Waals surface area contributed by atoms with Crippen molar-refractivity contribution in [2.24, 2.45) is 0 Å². The van der Waals surface area contributed by atoms with Crippen LogP contribution >= 0.6 is 32.9 Å². The van der Waals surface area contributed by atoms with Crippen molar-refractivity contribution in [3.63, 3.8) is 0 Å². The third kappa shape index (κ3) is 2.16. The Bertz CT molecular complexity index is 393. The quantitative estimate of drug-likeness (QED) is 0.705. The van der Waals surface area contributed by atoms with Crippen LogP contribution in [0.3, 0.4) is 0 Å². The van der Waals surface area contributed by atoms with E-state index in [1.165, 1.54) is 15.3 Å². The average Bonchev–Trinajstić information content (AvgIpc) is 2.72. The zero-order chi connectivity index (χ0) is 9.80. The molecule has 0 spiro atoms. The fourth-order valence-corrected chi connectivity index (χ4v) is 3.65. The molecule has 0 aliphatic rings. The Morgan fingerprint density at radius 1 is 1.07 bits per heavy atom. The maximum absolute atomic E-state index is 2.18. The molecule has 0 N–H and O–H groups in total. The number of hydrogen-bond donors (Lipinski definition) is 0. The minimum absolute atomic E-state index is 1.35. The zero-order valence-corrected chi connectivity index (χ0v) is 10.2. The number of benzene rings is 1. The third-order valence-electron chi connectivity index (χ3n) is 1.85. The molecule has 0 radical (unpaired) electrons. The summed E-state index contributed by atoms with van der Waals surface area (Å²) in [5.74, 6) is 0. The van der Waals surface area contributed by atoms with E-state index in [-0.39, 0.29) is 0 Å². The van der Waals surface area contributed by atoms with Gasteiger partial charge in [-0.3, -0.25) is 0 Å². The Hall–Kier alpha value is -0.380. The van der Waals surface area contributed by atoms with Gasteiger partial charge in [0, 0.05) is 15.3 Å². The van der Waals surface area contributed by atoms with Crippen LogP contribution in [-0.4, -0.2) is 6.26 Å². The Balaban J connectivity index is 2.42. The van der Waals surface area contributed by atoms with E-state index in [0.717, 1.165) is 0 Å². The molecule has 0 atom stereocenters. The van der Waals surface area contributed by atoms with Crippen LogP contribution in [0.1, 0.15) is 0 Å². The lowest BCUT2D eigenvalue weighted by Gasteiger charge is -2.04. The number of rotatable bonds is 3. The van der Waals surface area contributed by atoms with Gasteiger partial charge < -0.3 is 0 Å². The Morgan fingerprint density at radius 3 is 2.64 bits per heavy atom. The summed E-state index contributed by atoms with van der Waals surface area (Å²) in [6, 6.07) is 12.8. The Morgan fingerprint density at radius 2 is 1.93 bits per heavy atom. The van der Waals surface area contributed by atoms with E-state index in [9.17, 15) is 0 Å². The molecule has 0 aliphatic carbocycles. The lowest BCUT2D eigenvalue weighted by atomic mass is 10.2. The summed E-state index contributed by atoms with van der Waals surface area (Å²) in [4.78, 5) is 2.70. The summed E-state index contributed by atoms with van der Waals surface area (Å²) >= 11 is 1.79. The van der Waals surface area contributed by atoms with Gasteiger partial charge in [0.15, 0.2) is 0 Å². The van der Waals surface area contributed by atoms with Crippen molar-refractivity contribution in [1.82, 2.24) is 0 Å². The highest BCUT2D eigenvalue weighted by Gasteiger charge is 2.04. The van der Waals surface area contributed by atoms with Gasteiger partial charge in [-0.05, 0) is 23.8 Å². The highest BCUT2D eigenvalue weighted by molar-refractivity contribution is 8.76. The van der Waals surface area contributed by atoms with Crippen LogP contribution < -0.4 is 0 Å². The molecular formula is C11H10S3. The van der Waals surface area contributed by atoms with E-state index in [2.05, 4.69) is 48.0 Å². The van der Waals surface area contributed by atoms with Gasteiger partial charge in [0.05, 0.1) is 0 Å². The van der Waals surface area contributed by atoms with Gasteiger partial charge in [0.1, 0.15) is 0 Å². The summed E-state index contributed by atoms with van der Waals surface area (Å²) in [5.41, 5.74) is 1.35. The second kappa shape index (κ2) is 4.91. The van der Waals surface area contributed by atoms with Crippen molar-refractivity contribution in [1.29, 1.82) is 0 Å². The maximum atomic E-state index is 2.18. The normalized spacial score (nSPS) is 10.4. The molecule has 1 aromatic heterocycles. The second-order valence-corrected chi connectivity index (χ2v) is 6.11. The summed E-state index contributed by atoms with van der Waals surface area (Å²) in [5, 5.41) is 2.12. The lowest BCUT2D eigenvalue weighted by molar-refractivity contribution is 1.48. The standard InChI is InChI=1S/C11H10S3/c1-12-14-11-6-3-2-5-9(11)10-7-4-8-13-10/h2-8H,1H3. The largest absolute Gasteiger partial charge is 0.144 e. The molecule has 2 aromatic rings. The average molecular weight is 238 g/mol. The molecule has 14 heavy (non-hydrogen) atoms. The van der Waals surface area contributed by atoms with Gasteiger partial charge in [-0.25, -0.2) is 0 Å². The minimum atomic E-state index is 1.35. The van der Waals surface area contributed by atoms with Gasteiger partial charge in [-0.15, -0.1) is 11.3 Å². The fourth-order valence-electron chi connectivity index (χ4n) is 1.26. The van der Waals surface area contributed by atoms with Gasteiger partial charge in [0.25, 0.3) is 0 Å². The van der Waals surface area contributed by atoms with Gasteiger partial charge in [-0.1, -0.05) is 45.9 Å². The summed E-state index contributed by atoms with van der Waals surface area (Å²) in [6.07, 6.45) is 2.11. The molecular weight excluding hydrogens is 228 g/mol. The SMILES string of the molecule is CSSc1ccccc1-c1cccs1. The molecule has 72 valence electrons. The van der Waals surface area contributed by atoms with Crippen LogP contribution in [0.5, 0.6) is 0 Å². The molecule has 1 aromatic carbocycles. The first-order chi connectivity index (χ1) is 6.92. The number of thiophene rings is 1. The van der Waals surface area contributed by atoms with Crippen LogP contribution in [0.25, 0.3) is 10.4 Å². The first-order valence-corrected chi connectivity index (χ1v) is 7.69. The van der Waals surface area contributed by atoms with Crippen molar-refractivity contribution in [3.8, 4) is 10.4 Å². The van der Waals surface area contributed by atoms with Crippen molar-refractivity contribution >= 4 is 32.9 Å². The van der Waals surface area contributed by atoms with Crippen molar-refractivity contribution in [2.45, 2.75) is 4.90 Å². The fraction of sp³-hybridized carbons (Fsp3) is 0.0909. The lowest BCUT2D eigenvalue weighted by Crippen LogP contribution is -1.75. The Kier molecular flexibility index (Phi) is 3.56. The van der Waals surface area contributed by atoms with E-state index >= 15 is 0 Å². The molecule has 0 saturated heterocycles. The van der Waals surface area contributed by atoms with Gasteiger partial charge >= 0.3 is 0 Å². The molecule has 0 amide bonds. The predicted molar refractivity (Wildman–Crippen MR) is 69.1 cm³/mol. The van der Waals surface area contributed by atoms with E-state index in [1.807, 2.05) is 10.8 Å². The van der Waals surface area contributed by atoms with Crippen LogP contribution in [0, 0.1) is 0 Å². The second-order valence-electron chi connectivity index (χ2n) is 2.72. The monoisotopic (exact) mass is 238 g/mol. The minimum Gasteiger partial charge on any atom is -0.144 e. The molecule has 0 saturated carbocycles. The topological polar surface area (TPSA) is 0 Å². The molecule has 3 heteroatoms. The Labute approximate surface area is 96.1 Å². The van der Waals surface area contributed by atoms with Crippen LogP contribution in [-0.2, 0) is 0 Å². The van der Waals surface area contributed by atoms with E-state index in [4.69, 9.17) is 0 Å². The van der Waals surface area contributed by atoms with Crippen molar-refractivity contribution < 1.29 is 0 Å². The van der Waals surface area contributed by atoms with Crippen LogP contribution in [0.2, 0.25) is 0 Å². The van der Waals surface area contributed by atoms with E-state index in [1.54, 1.807) is 22.1 Å². The molecule has 2 rings (SSSR count). The molecule has 0 nitrogen and oxygen atoms in total. The van der Waals surface area contributed by atoms with Crippen molar-refractivity contribution in [2.75, 3.05) is 6.26 Å². The maximum Gasteiger partial charge on any atom is 0.0354 e. The third-order valence-corrected chi connectivity index (χ3v) is 4.49. The molecule has 0 fully saturated rings. The smallest absolute Gasteiger partial charge is 0.0354 e. The molecule has 0 unspecified atom stereocenters. The summed E-state index contributed by atoms with van der Waals surface area (Å²) < 4.78 is 0. The van der Waals surface area contributed by atoms with Gasteiger partial charge in [0.2, 0.25) is 0 Å². The highest BCUT2D eigenvalue weighted by Crippen LogP contribution is 2.38. The number of hydrogen-bond acceptors (Lipinski definition) is 3. The van der Waals surface area contributed by atoms with Crippen molar-refractivity contribution in [3.05, 3.63) is 41.8 Å². The highest BCUT2D eigenvalue weighted by atomic mass is 33.1. The predicted octanol–water partition coefficient (Wildman–Crippen LogP) is 4.79.